The monoisotopic (exact) mass is 224 g/mol. The molecule has 0 radical (unpaired) electrons. The van der Waals surface area contributed by atoms with Gasteiger partial charge in [0.05, 0.1) is 32.3 Å². The maximum atomic E-state index is 11.7. The van der Waals surface area contributed by atoms with E-state index in [1.54, 1.807) is 12.5 Å². The molecular weight excluding hydrogens is 208 g/mol. The molecule has 1 saturated heterocycles. The van der Waals surface area contributed by atoms with Crippen molar-refractivity contribution in [3.63, 3.8) is 0 Å². The van der Waals surface area contributed by atoms with E-state index in [9.17, 15) is 4.79 Å². The lowest BCUT2D eigenvalue weighted by atomic mass is 10.3. The first kappa shape index (κ1) is 11.2. The van der Waals surface area contributed by atoms with E-state index >= 15 is 0 Å². The molecule has 16 heavy (non-hydrogen) atoms. The summed E-state index contributed by atoms with van der Waals surface area (Å²) in [6.07, 6.45) is 3.30. The minimum Gasteiger partial charge on any atom is -0.472 e. The van der Waals surface area contributed by atoms with Crippen LogP contribution in [0.25, 0.3) is 0 Å². The summed E-state index contributed by atoms with van der Waals surface area (Å²) in [4.78, 5) is 13.5. The van der Waals surface area contributed by atoms with Crippen molar-refractivity contribution in [1.82, 2.24) is 10.2 Å². The fraction of sp³-hybridized carbons (Fsp3) is 0.545. The number of nitrogens with one attached hydrogen (secondary N) is 1. The highest BCUT2D eigenvalue weighted by Crippen LogP contribution is 1.99. The van der Waals surface area contributed by atoms with Crippen LogP contribution in [0, 0.1) is 0 Å². The van der Waals surface area contributed by atoms with Crippen molar-refractivity contribution in [2.45, 2.75) is 6.54 Å². The molecule has 0 aromatic carbocycles. The third-order valence-corrected chi connectivity index (χ3v) is 2.55. The van der Waals surface area contributed by atoms with Gasteiger partial charge in [0.25, 0.3) is 0 Å². The molecule has 0 atom stereocenters. The highest BCUT2D eigenvalue weighted by Gasteiger charge is 2.15. The average molecular weight is 224 g/mol. The number of furan rings is 1. The molecule has 2 rings (SSSR count). The van der Waals surface area contributed by atoms with Gasteiger partial charge in [-0.2, -0.15) is 0 Å². The Kier molecular flexibility index (Phi) is 3.96. The van der Waals surface area contributed by atoms with Crippen molar-refractivity contribution in [2.75, 3.05) is 32.8 Å². The molecular formula is C11H16N2O3. The molecule has 1 N–H and O–H groups in total. The van der Waals surface area contributed by atoms with E-state index in [-0.39, 0.29) is 5.91 Å². The van der Waals surface area contributed by atoms with E-state index in [4.69, 9.17) is 9.15 Å². The van der Waals surface area contributed by atoms with Crippen molar-refractivity contribution < 1.29 is 13.9 Å². The zero-order valence-corrected chi connectivity index (χ0v) is 9.15. The summed E-state index contributed by atoms with van der Waals surface area (Å²) in [6.45, 7) is 3.72. The lowest BCUT2D eigenvalue weighted by Crippen LogP contribution is -2.44. The first-order chi connectivity index (χ1) is 7.86. The summed E-state index contributed by atoms with van der Waals surface area (Å²) >= 11 is 0. The Morgan fingerprint density at radius 3 is 2.94 bits per heavy atom. The molecule has 0 bridgehead atoms. The third kappa shape index (κ3) is 3.08. The number of morpholine rings is 1. The highest BCUT2D eigenvalue weighted by atomic mass is 16.5. The number of carbonyl (C=O) groups excluding carboxylic acids is 1. The summed E-state index contributed by atoms with van der Waals surface area (Å²) in [5.74, 6) is 0.131. The number of amides is 1. The van der Waals surface area contributed by atoms with Gasteiger partial charge in [-0.25, -0.2) is 0 Å². The summed E-state index contributed by atoms with van der Waals surface area (Å²) in [5, 5.41) is 3.09. The lowest BCUT2D eigenvalue weighted by molar-refractivity contribution is -0.134. The van der Waals surface area contributed by atoms with Crippen molar-refractivity contribution in [1.29, 1.82) is 0 Å². The Labute approximate surface area is 94.4 Å². The Hall–Kier alpha value is -1.33. The van der Waals surface area contributed by atoms with Crippen molar-refractivity contribution in [3.05, 3.63) is 24.2 Å². The number of ether oxygens (including phenoxy) is 1. The van der Waals surface area contributed by atoms with Crippen LogP contribution in [0.5, 0.6) is 0 Å². The number of nitrogens with zero attached hydrogens (tertiary/aromatic N) is 1. The minimum atomic E-state index is 0.131. The van der Waals surface area contributed by atoms with E-state index in [0.29, 0.717) is 39.4 Å². The number of hydrogen-bond donors (Lipinski definition) is 1. The predicted molar refractivity (Wildman–Crippen MR) is 57.8 cm³/mol. The summed E-state index contributed by atoms with van der Waals surface area (Å²) in [6, 6.07) is 1.88. The second-order valence-corrected chi connectivity index (χ2v) is 3.73. The molecule has 1 aliphatic heterocycles. The molecule has 0 saturated carbocycles. The Morgan fingerprint density at radius 1 is 1.44 bits per heavy atom. The maximum absolute atomic E-state index is 11.7. The van der Waals surface area contributed by atoms with Gasteiger partial charge in [0.15, 0.2) is 0 Å². The average Bonchev–Trinajstić information content (AvgIpc) is 2.83. The van der Waals surface area contributed by atoms with Gasteiger partial charge in [0, 0.05) is 25.2 Å². The summed E-state index contributed by atoms with van der Waals surface area (Å²) < 4.78 is 10.1. The molecule has 0 aliphatic carbocycles. The van der Waals surface area contributed by atoms with Crippen LogP contribution in [0.3, 0.4) is 0 Å². The molecule has 1 aromatic heterocycles. The minimum absolute atomic E-state index is 0.131. The van der Waals surface area contributed by atoms with E-state index in [2.05, 4.69) is 5.32 Å². The number of carbonyl (C=O) groups is 1. The second-order valence-electron chi connectivity index (χ2n) is 3.73. The Balaban J connectivity index is 1.67. The van der Waals surface area contributed by atoms with Gasteiger partial charge in [-0.05, 0) is 6.07 Å². The molecule has 1 aromatic rings. The molecule has 1 aliphatic rings. The van der Waals surface area contributed by atoms with Crippen LogP contribution >= 0.6 is 0 Å². The van der Waals surface area contributed by atoms with Crippen molar-refractivity contribution in [3.8, 4) is 0 Å². The predicted octanol–water partition coefficient (Wildman–Crippen LogP) is 0.228. The van der Waals surface area contributed by atoms with Crippen molar-refractivity contribution in [2.24, 2.45) is 0 Å². The van der Waals surface area contributed by atoms with E-state index < -0.39 is 0 Å². The molecule has 1 amide bonds. The van der Waals surface area contributed by atoms with Crippen LogP contribution in [-0.4, -0.2) is 43.7 Å². The molecule has 1 fully saturated rings. The van der Waals surface area contributed by atoms with Gasteiger partial charge in [0.1, 0.15) is 0 Å². The SMILES string of the molecule is O=C(CNCc1ccoc1)N1CCOCC1. The Bertz CT molecular complexity index is 318. The molecule has 2 heterocycles. The van der Waals surface area contributed by atoms with Gasteiger partial charge >= 0.3 is 0 Å². The topological polar surface area (TPSA) is 54.7 Å². The molecule has 5 heteroatoms. The zero-order valence-electron chi connectivity index (χ0n) is 9.15. The van der Waals surface area contributed by atoms with Gasteiger partial charge in [-0.3, -0.25) is 4.79 Å². The van der Waals surface area contributed by atoms with Crippen LogP contribution in [0.2, 0.25) is 0 Å². The van der Waals surface area contributed by atoms with E-state index in [1.807, 2.05) is 11.0 Å². The second kappa shape index (κ2) is 5.67. The maximum Gasteiger partial charge on any atom is 0.236 e. The third-order valence-electron chi connectivity index (χ3n) is 2.55. The van der Waals surface area contributed by atoms with Gasteiger partial charge in [-0.1, -0.05) is 0 Å². The summed E-state index contributed by atoms with van der Waals surface area (Å²) in [5.41, 5.74) is 1.05. The van der Waals surface area contributed by atoms with Gasteiger partial charge in [-0.15, -0.1) is 0 Å². The first-order valence-electron chi connectivity index (χ1n) is 5.43. The normalized spacial score (nSPS) is 16.4. The zero-order chi connectivity index (χ0) is 11.2. The van der Waals surface area contributed by atoms with E-state index in [0.717, 1.165) is 5.56 Å². The van der Waals surface area contributed by atoms with Crippen LogP contribution in [0.1, 0.15) is 5.56 Å². The molecule has 5 nitrogen and oxygen atoms in total. The van der Waals surface area contributed by atoms with Crippen LogP contribution < -0.4 is 5.32 Å². The number of hydrogen-bond acceptors (Lipinski definition) is 4. The van der Waals surface area contributed by atoms with Crippen LogP contribution in [0.15, 0.2) is 23.0 Å². The van der Waals surface area contributed by atoms with Crippen LogP contribution in [0.4, 0.5) is 0 Å². The van der Waals surface area contributed by atoms with Gasteiger partial charge in [0.2, 0.25) is 5.91 Å². The fourth-order valence-electron chi connectivity index (χ4n) is 1.63. The standard InChI is InChI=1S/C11H16N2O3/c14-11(13-2-5-15-6-3-13)8-12-7-10-1-4-16-9-10/h1,4,9,12H,2-3,5-8H2. The summed E-state index contributed by atoms with van der Waals surface area (Å²) in [7, 11) is 0. The quantitative estimate of drug-likeness (QED) is 0.795. The Morgan fingerprint density at radius 2 is 2.25 bits per heavy atom. The molecule has 0 spiro atoms. The van der Waals surface area contributed by atoms with Gasteiger partial charge < -0.3 is 19.4 Å². The van der Waals surface area contributed by atoms with E-state index in [1.165, 1.54) is 0 Å². The first-order valence-corrected chi connectivity index (χ1v) is 5.43. The fourth-order valence-corrected chi connectivity index (χ4v) is 1.63. The highest BCUT2D eigenvalue weighted by molar-refractivity contribution is 5.78. The smallest absolute Gasteiger partial charge is 0.236 e. The van der Waals surface area contributed by atoms with Crippen LogP contribution in [-0.2, 0) is 16.1 Å². The lowest BCUT2D eigenvalue weighted by Gasteiger charge is -2.26. The number of rotatable bonds is 4. The molecule has 0 unspecified atom stereocenters. The van der Waals surface area contributed by atoms with Crippen molar-refractivity contribution >= 4 is 5.91 Å². The molecule has 88 valence electrons. The largest absolute Gasteiger partial charge is 0.472 e.